The Morgan fingerprint density at radius 2 is 2.06 bits per heavy atom. The first-order valence-corrected chi connectivity index (χ1v) is 6.66. The van der Waals surface area contributed by atoms with E-state index in [0.29, 0.717) is 11.3 Å². The highest BCUT2D eigenvalue weighted by molar-refractivity contribution is 5.43. The maximum Gasteiger partial charge on any atom is 0.131 e. The summed E-state index contributed by atoms with van der Waals surface area (Å²) < 4.78 is 0. The monoisotopic (exact) mass is 238 g/mol. The summed E-state index contributed by atoms with van der Waals surface area (Å²) in [5, 5.41) is 9.00. The Balaban J connectivity index is 2.05. The normalized spacial score (nSPS) is 15.6. The van der Waals surface area contributed by atoms with E-state index in [9.17, 15) is 0 Å². The Morgan fingerprint density at radius 1 is 1.28 bits per heavy atom. The highest BCUT2D eigenvalue weighted by atomic mass is 14.7. The molecule has 0 atom stereocenters. The second kappa shape index (κ2) is 6.22. The van der Waals surface area contributed by atoms with E-state index in [4.69, 9.17) is 5.26 Å². The number of nitrogens with zero attached hydrogens (tertiary/aromatic N) is 2. The molecule has 1 aromatic rings. The van der Waals surface area contributed by atoms with E-state index in [2.05, 4.69) is 22.9 Å². The first-order valence-electron chi connectivity index (χ1n) is 6.66. The van der Waals surface area contributed by atoms with Crippen molar-refractivity contribution in [1.29, 1.82) is 5.26 Å². The zero-order valence-electron chi connectivity index (χ0n) is 10.9. The SMILES string of the molecule is Cc1ccc(C#N)c(C#CCC2CCCCC2)n1. The van der Waals surface area contributed by atoms with Gasteiger partial charge in [-0.25, -0.2) is 4.98 Å². The van der Waals surface area contributed by atoms with Gasteiger partial charge in [0.2, 0.25) is 0 Å². The molecule has 0 bridgehead atoms. The third-order valence-electron chi connectivity index (χ3n) is 3.48. The summed E-state index contributed by atoms with van der Waals surface area (Å²) in [6, 6.07) is 5.80. The first kappa shape index (κ1) is 12.7. The maximum atomic E-state index is 9.00. The molecule has 0 aliphatic heterocycles. The summed E-state index contributed by atoms with van der Waals surface area (Å²) in [6.07, 6.45) is 7.63. The van der Waals surface area contributed by atoms with Crippen molar-refractivity contribution in [1.82, 2.24) is 4.98 Å². The van der Waals surface area contributed by atoms with Crippen LogP contribution in [-0.2, 0) is 0 Å². The molecule has 0 unspecified atom stereocenters. The van der Waals surface area contributed by atoms with Gasteiger partial charge in [0.05, 0.1) is 5.56 Å². The summed E-state index contributed by atoms with van der Waals surface area (Å²) in [6.45, 7) is 1.92. The minimum Gasteiger partial charge on any atom is -0.243 e. The van der Waals surface area contributed by atoms with Crippen LogP contribution in [0.15, 0.2) is 12.1 Å². The zero-order chi connectivity index (χ0) is 12.8. The van der Waals surface area contributed by atoms with Crippen LogP contribution in [0.4, 0.5) is 0 Å². The van der Waals surface area contributed by atoms with Gasteiger partial charge in [0.25, 0.3) is 0 Å². The lowest BCUT2D eigenvalue weighted by Crippen LogP contribution is -2.04. The molecule has 2 rings (SSSR count). The zero-order valence-corrected chi connectivity index (χ0v) is 10.9. The van der Waals surface area contributed by atoms with Gasteiger partial charge in [-0.1, -0.05) is 25.2 Å². The van der Waals surface area contributed by atoms with Crippen LogP contribution in [0.5, 0.6) is 0 Å². The van der Waals surface area contributed by atoms with Crippen LogP contribution in [0.2, 0.25) is 0 Å². The number of rotatable bonds is 1. The van der Waals surface area contributed by atoms with Crippen LogP contribution in [0.1, 0.15) is 55.5 Å². The van der Waals surface area contributed by atoms with Gasteiger partial charge >= 0.3 is 0 Å². The van der Waals surface area contributed by atoms with Crippen molar-refractivity contribution in [3.05, 3.63) is 29.1 Å². The van der Waals surface area contributed by atoms with Gasteiger partial charge < -0.3 is 0 Å². The fraction of sp³-hybridized carbons (Fsp3) is 0.500. The number of pyridine rings is 1. The number of aromatic nitrogens is 1. The van der Waals surface area contributed by atoms with E-state index >= 15 is 0 Å². The van der Waals surface area contributed by atoms with Crippen LogP contribution < -0.4 is 0 Å². The molecule has 1 aliphatic carbocycles. The summed E-state index contributed by atoms with van der Waals surface area (Å²) in [5.74, 6) is 7.03. The molecule has 1 fully saturated rings. The molecule has 0 aromatic carbocycles. The molecule has 1 saturated carbocycles. The van der Waals surface area contributed by atoms with Gasteiger partial charge in [0.1, 0.15) is 11.8 Å². The number of aryl methyl sites for hydroxylation is 1. The molecule has 0 N–H and O–H groups in total. The third kappa shape index (κ3) is 3.34. The fourth-order valence-corrected chi connectivity index (χ4v) is 2.41. The van der Waals surface area contributed by atoms with Crippen molar-refractivity contribution >= 4 is 0 Å². The average Bonchev–Trinajstić information content (AvgIpc) is 2.40. The van der Waals surface area contributed by atoms with Crippen LogP contribution in [0.3, 0.4) is 0 Å². The highest BCUT2D eigenvalue weighted by Crippen LogP contribution is 2.25. The van der Waals surface area contributed by atoms with Gasteiger partial charge in [-0.15, -0.1) is 0 Å². The maximum absolute atomic E-state index is 9.00. The number of hydrogen-bond donors (Lipinski definition) is 0. The average molecular weight is 238 g/mol. The van der Waals surface area contributed by atoms with Gasteiger partial charge in [-0.05, 0) is 43.7 Å². The van der Waals surface area contributed by atoms with Crippen LogP contribution in [0, 0.1) is 36.0 Å². The lowest BCUT2D eigenvalue weighted by Gasteiger charge is -2.18. The Labute approximate surface area is 109 Å². The van der Waals surface area contributed by atoms with Crippen molar-refractivity contribution in [3.63, 3.8) is 0 Å². The summed E-state index contributed by atoms with van der Waals surface area (Å²) in [7, 11) is 0. The molecule has 1 aromatic heterocycles. The molecule has 0 amide bonds. The van der Waals surface area contributed by atoms with E-state index in [-0.39, 0.29) is 0 Å². The topological polar surface area (TPSA) is 36.7 Å². The van der Waals surface area contributed by atoms with E-state index in [0.717, 1.165) is 18.0 Å². The minimum atomic E-state index is 0.580. The lowest BCUT2D eigenvalue weighted by atomic mass is 9.87. The standard InChI is InChI=1S/C16H18N2/c1-13-10-11-15(12-17)16(18-13)9-5-8-14-6-3-2-4-7-14/h10-11,14H,2-4,6-8H2,1H3. The van der Waals surface area contributed by atoms with E-state index in [1.54, 1.807) is 6.07 Å². The molecule has 0 saturated heterocycles. The second-order valence-corrected chi connectivity index (χ2v) is 4.97. The van der Waals surface area contributed by atoms with E-state index in [1.165, 1.54) is 32.1 Å². The fourth-order valence-electron chi connectivity index (χ4n) is 2.41. The van der Waals surface area contributed by atoms with Crippen LogP contribution >= 0.6 is 0 Å². The second-order valence-electron chi connectivity index (χ2n) is 4.97. The summed E-state index contributed by atoms with van der Waals surface area (Å²) in [5.41, 5.74) is 2.13. The lowest BCUT2D eigenvalue weighted by molar-refractivity contribution is 0.365. The highest BCUT2D eigenvalue weighted by Gasteiger charge is 2.11. The molecule has 92 valence electrons. The summed E-state index contributed by atoms with van der Waals surface area (Å²) in [4.78, 5) is 4.33. The molecule has 18 heavy (non-hydrogen) atoms. The summed E-state index contributed by atoms with van der Waals surface area (Å²) >= 11 is 0. The minimum absolute atomic E-state index is 0.580. The largest absolute Gasteiger partial charge is 0.243 e. The molecule has 1 heterocycles. The van der Waals surface area contributed by atoms with Gasteiger partial charge in [0.15, 0.2) is 0 Å². The third-order valence-corrected chi connectivity index (χ3v) is 3.48. The van der Waals surface area contributed by atoms with Crippen molar-refractivity contribution in [2.75, 3.05) is 0 Å². The van der Waals surface area contributed by atoms with Crippen LogP contribution in [-0.4, -0.2) is 4.98 Å². The molecule has 2 heteroatoms. The molecular weight excluding hydrogens is 220 g/mol. The van der Waals surface area contributed by atoms with E-state index < -0.39 is 0 Å². The molecule has 2 nitrogen and oxygen atoms in total. The first-order chi connectivity index (χ1) is 8.79. The molecule has 1 aliphatic rings. The molecular formula is C16H18N2. The van der Waals surface area contributed by atoms with Crippen molar-refractivity contribution < 1.29 is 0 Å². The van der Waals surface area contributed by atoms with Gasteiger partial charge in [0, 0.05) is 12.1 Å². The quantitative estimate of drug-likeness (QED) is 0.701. The molecule has 0 radical (unpaired) electrons. The number of hydrogen-bond acceptors (Lipinski definition) is 2. The number of nitriles is 1. The smallest absolute Gasteiger partial charge is 0.131 e. The van der Waals surface area contributed by atoms with Crippen molar-refractivity contribution in [2.45, 2.75) is 45.4 Å². The van der Waals surface area contributed by atoms with Crippen molar-refractivity contribution in [2.24, 2.45) is 5.92 Å². The Hall–Kier alpha value is -1.80. The Morgan fingerprint density at radius 3 is 2.78 bits per heavy atom. The molecule has 0 spiro atoms. The van der Waals surface area contributed by atoms with Gasteiger partial charge in [-0.3, -0.25) is 0 Å². The van der Waals surface area contributed by atoms with Crippen LogP contribution in [0.25, 0.3) is 0 Å². The predicted molar refractivity (Wildman–Crippen MR) is 71.8 cm³/mol. The Bertz CT molecular complexity index is 508. The Kier molecular flexibility index (Phi) is 4.37. The van der Waals surface area contributed by atoms with Gasteiger partial charge in [-0.2, -0.15) is 5.26 Å². The van der Waals surface area contributed by atoms with E-state index in [1.807, 2.05) is 13.0 Å². The predicted octanol–water partition coefficient (Wildman–Crippen LogP) is 3.58. The van der Waals surface area contributed by atoms with Crippen molar-refractivity contribution in [3.8, 4) is 17.9 Å².